The van der Waals surface area contributed by atoms with Crippen LogP contribution in [0.4, 0.5) is 5.82 Å². The molecular formula is C18H23N5O. The zero-order valence-electron chi connectivity index (χ0n) is 14.6. The number of nitrogen functional groups attached to an aromatic ring is 1. The van der Waals surface area contributed by atoms with Gasteiger partial charge < -0.3 is 10.8 Å². The lowest BCUT2D eigenvalue weighted by molar-refractivity contribution is -0.0432. The molecule has 0 amide bonds. The van der Waals surface area contributed by atoms with E-state index < -0.39 is 5.60 Å². The van der Waals surface area contributed by atoms with E-state index in [0.29, 0.717) is 28.8 Å². The molecule has 2 heterocycles. The van der Waals surface area contributed by atoms with Crippen LogP contribution in [0.5, 0.6) is 0 Å². The molecule has 2 aromatic rings. The summed E-state index contributed by atoms with van der Waals surface area (Å²) in [6, 6.07) is 0. The van der Waals surface area contributed by atoms with Gasteiger partial charge in [0, 0.05) is 5.41 Å². The fraction of sp³-hybridized carbons (Fsp3) is 0.611. The minimum atomic E-state index is -0.990. The number of hydrogen-bond acceptors (Lipinski definition) is 5. The van der Waals surface area contributed by atoms with E-state index in [4.69, 9.17) is 5.73 Å². The van der Waals surface area contributed by atoms with Crippen molar-refractivity contribution in [2.75, 3.05) is 5.73 Å². The van der Waals surface area contributed by atoms with Gasteiger partial charge >= 0.3 is 0 Å². The second-order valence-corrected chi connectivity index (χ2v) is 8.03. The van der Waals surface area contributed by atoms with Crippen LogP contribution in [0.15, 0.2) is 6.33 Å². The highest BCUT2D eigenvalue weighted by Crippen LogP contribution is 2.69. The zero-order valence-corrected chi connectivity index (χ0v) is 14.6. The molecule has 126 valence electrons. The molecule has 2 saturated carbocycles. The Morgan fingerprint density at radius 3 is 2.75 bits per heavy atom. The van der Waals surface area contributed by atoms with Gasteiger partial charge in [0.05, 0.1) is 11.3 Å². The lowest BCUT2D eigenvalue weighted by Crippen LogP contribution is -2.46. The summed E-state index contributed by atoms with van der Waals surface area (Å²) in [5.41, 5.74) is 6.41. The molecule has 0 saturated heterocycles. The van der Waals surface area contributed by atoms with Gasteiger partial charge in [0.1, 0.15) is 17.7 Å². The maximum atomic E-state index is 11.3. The molecule has 3 N–H and O–H groups in total. The molecule has 24 heavy (non-hydrogen) atoms. The topological polar surface area (TPSA) is 89.3 Å². The molecule has 0 aromatic carbocycles. The van der Waals surface area contributed by atoms with Crippen molar-refractivity contribution in [2.45, 2.75) is 52.6 Å². The average Bonchev–Trinajstić information content (AvgIpc) is 3.09. The molecule has 0 spiro atoms. The maximum Gasteiger partial charge on any atom is 0.254 e. The highest BCUT2D eigenvalue weighted by Gasteiger charge is 2.68. The second kappa shape index (κ2) is 4.48. The highest BCUT2D eigenvalue weighted by molar-refractivity contribution is 5.58. The van der Waals surface area contributed by atoms with Crippen LogP contribution in [0.25, 0.3) is 5.78 Å². The van der Waals surface area contributed by atoms with Crippen LogP contribution in [0, 0.1) is 35.5 Å². The van der Waals surface area contributed by atoms with Gasteiger partial charge in [-0.1, -0.05) is 32.6 Å². The lowest BCUT2D eigenvalue weighted by Gasteiger charge is -2.42. The number of aromatic nitrogens is 4. The summed E-state index contributed by atoms with van der Waals surface area (Å²) in [7, 11) is 0. The number of nitrogens with two attached hydrogens (primary N) is 1. The average molecular weight is 325 g/mol. The molecule has 1 unspecified atom stereocenters. The highest BCUT2D eigenvalue weighted by atomic mass is 16.3. The first-order chi connectivity index (χ1) is 11.2. The van der Waals surface area contributed by atoms with Crippen molar-refractivity contribution in [3.63, 3.8) is 0 Å². The van der Waals surface area contributed by atoms with E-state index in [2.05, 4.69) is 47.7 Å². The predicted octanol–water partition coefficient (Wildman–Crippen LogP) is 1.94. The number of aryl methyl sites for hydroxylation is 1. The fourth-order valence-corrected chi connectivity index (χ4v) is 4.76. The van der Waals surface area contributed by atoms with Gasteiger partial charge in [-0.05, 0) is 37.5 Å². The summed E-state index contributed by atoms with van der Waals surface area (Å²) in [4.78, 5) is 8.44. The van der Waals surface area contributed by atoms with Gasteiger partial charge in [0.2, 0.25) is 0 Å². The monoisotopic (exact) mass is 325 g/mol. The largest absolute Gasteiger partial charge is 0.382 e. The quantitative estimate of drug-likeness (QED) is 0.723. The van der Waals surface area contributed by atoms with Crippen molar-refractivity contribution in [2.24, 2.45) is 16.7 Å². The van der Waals surface area contributed by atoms with Crippen LogP contribution in [0.3, 0.4) is 0 Å². The zero-order chi connectivity index (χ0) is 17.3. The predicted molar refractivity (Wildman–Crippen MR) is 91.0 cm³/mol. The third-order valence-corrected chi connectivity index (χ3v) is 6.93. The molecule has 0 radical (unpaired) electrons. The van der Waals surface area contributed by atoms with Crippen LogP contribution < -0.4 is 5.73 Å². The smallest absolute Gasteiger partial charge is 0.254 e. The Morgan fingerprint density at radius 1 is 1.38 bits per heavy atom. The number of nitrogens with zero attached hydrogens (tertiary/aromatic N) is 4. The maximum absolute atomic E-state index is 11.3. The van der Waals surface area contributed by atoms with E-state index in [1.807, 2.05) is 6.92 Å². The standard InChI is InChI=1S/C18H23N5O/c1-11-13(14(19)23-15(22-11)20-10-21-23)6-8-18(24)9-12-5-7-17(18,4)16(12,2)3/h10,12,24H,5,7,9,19H2,1-4H3/t12-,17+,18?/m0/s1. The molecule has 3 atom stereocenters. The third-order valence-electron chi connectivity index (χ3n) is 6.93. The first-order valence-electron chi connectivity index (χ1n) is 8.41. The summed E-state index contributed by atoms with van der Waals surface area (Å²) in [5.74, 6) is 7.67. The molecule has 6 heteroatoms. The summed E-state index contributed by atoms with van der Waals surface area (Å²) in [5, 5.41) is 15.4. The summed E-state index contributed by atoms with van der Waals surface area (Å²) in [6.07, 6.45) is 4.32. The van der Waals surface area contributed by atoms with Crippen LogP contribution >= 0.6 is 0 Å². The minimum absolute atomic E-state index is 0.0884. The Morgan fingerprint density at radius 2 is 2.12 bits per heavy atom. The van der Waals surface area contributed by atoms with E-state index in [1.54, 1.807) is 0 Å². The molecule has 2 bridgehead atoms. The van der Waals surface area contributed by atoms with Crippen LogP contribution in [0.2, 0.25) is 0 Å². The first kappa shape index (κ1) is 15.4. The molecule has 0 aliphatic heterocycles. The molecule has 2 aliphatic rings. The molecular weight excluding hydrogens is 302 g/mol. The molecule has 6 nitrogen and oxygen atoms in total. The van der Waals surface area contributed by atoms with Crippen molar-refractivity contribution in [3.8, 4) is 11.8 Å². The summed E-state index contributed by atoms with van der Waals surface area (Å²) >= 11 is 0. The SMILES string of the molecule is Cc1nc2ncnn2c(N)c1C#CC1(O)C[C@@H]2CC[C@]1(C)C2(C)C. The second-order valence-electron chi connectivity index (χ2n) is 8.03. The fourth-order valence-electron chi connectivity index (χ4n) is 4.76. The lowest BCUT2D eigenvalue weighted by atomic mass is 9.64. The van der Waals surface area contributed by atoms with Crippen molar-refractivity contribution >= 4 is 11.6 Å². The molecule has 2 fully saturated rings. The van der Waals surface area contributed by atoms with E-state index in [9.17, 15) is 5.11 Å². The Hall–Kier alpha value is -2.13. The van der Waals surface area contributed by atoms with Gasteiger partial charge in [-0.2, -0.15) is 14.6 Å². The summed E-state index contributed by atoms with van der Waals surface area (Å²) < 4.78 is 1.48. The minimum Gasteiger partial charge on any atom is -0.382 e. The van der Waals surface area contributed by atoms with Crippen LogP contribution in [-0.4, -0.2) is 30.3 Å². The van der Waals surface area contributed by atoms with Gasteiger partial charge in [0.15, 0.2) is 0 Å². The Labute approximate surface area is 141 Å². The Balaban J connectivity index is 1.81. The van der Waals surface area contributed by atoms with Crippen molar-refractivity contribution < 1.29 is 5.11 Å². The number of hydrogen-bond donors (Lipinski definition) is 2. The van der Waals surface area contributed by atoms with Gasteiger partial charge in [-0.15, -0.1) is 0 Å². The molecule has 2 aliphatic carbocycles. The van der Waals surface area contributed by atoms with Gasteiger partial charge in [-0.25, -0.2) is 4.98 Å². The van der Waals surface area contributed by atoms with Crippen molar-refractivity contribution in [1.29, 1.82) is 0 Å². The number of rotatable bonds is 0. The van der Waals surface area contributed by atoms with E-state index in [-0.39, 0.29) is 10.8 Å². The number of anilines is 1. The normalized spacial score (nSPS) is 33.6. The van der Waals surface area contributed by atoms with Gasteiger partial charge in [-0.3, -0.25) is 0 Å². The Bertz CT molecular complexity index is 905. The van der Waals surface area contributed by atoms with Crippen LogP contribution in [-0.2, 0) is 0 Å². The number of fused-ring (bicyclic) bond motifs is 3. The Kier molecular flexibility index (Phi) is 2.88. The van der Waals surface area contributed by atoms with E-state index >= 15 is 0 Å². The van der Waals surface area contributed by atoms with Crippen molar-refractivity contribution in [3.05, 3.63) is 17.6 Å². The van der Waals surface area contributed by atoms with Gasteiger partial charge in [0.25, 0.3) is 5.78 Å². The number of aliphatic hydroxyl groups is 1. The van der Waals surface area contributed by atoms with Crippen LogP contribution in [0.1, 0.15) is 51.3 Å². The third kappa shape index (κ3) is 1.68. The van der Waals surface area contributed by atoms with E-state index in [0.717, 1.165) is 12.8 Å². The molecule has 4 rings (SSSR count). The molecule has 2 aromatic heterocycles. The summed E-state index contributed by atoms with van der Waals surface area (Å²) in [6.45, 7) is 8.54. The first-order valence-corrected chi connectivity index (χ1v) is 8.41. The van der Waals surface area contributed by atoms with E-state index in [1.165, 1.54) is 17.3 Å². The van der Waals surface area contributed by atoms with Crippen molar-refractivity contribution in [1.82, 2.24) is 19.6 Å².